The standard InChI is InChI=1S/C20H23N3O4/c1-14(2)12-21-20(26)23-18(24)13-27-19(25)16-10-6-7-11-17(16)22-15-8-4-3-5-9-15/h3-11,14,22H,12-13H2,1-2H3,(H2,21,23,24,26). The maximum absolute atomic E-state index is 12.3. The van der Waals surface area contributed by atoms with Crippen LogP contribution < -0.4 is 16.0 Å². The zero-order valence-electron chi connectivity index (χ0n) is 15.3. The summed E-state index contributed by atoms with van der Waals surface area (Å²) in [4.78, 5) is 35.6. The lowest BCUT2D eigenvalue weighted by Crippen LogP contribution is -2.42. The number of carbonyl (C=O) groups is 3. The topological polar surface area (TPSA) is 96.5 Å². The molecule has 0 aliphatic rings. The highest BCUT2D eigenvalue weighted by molar-refractivity contribution is 5.99. The molecule has 0 fully saturated rings. The Labute approximate surface area is 158 Å². The van der Waals surface area contributed by atoms with Gasteiger partial charge in [0.05, 0.1) is 11.3 Å². The van der Waals surface area contributed by atoms with E-state index in [2.05, 4.69) is 16.0 Å². The Morgan fingerprint density at radius 1 is 0.963 bits per heavy atom. The molecule has 3 N–H and O–H groups in total. The predicted molar refractivity (Wildman–Crippen MR) is 103 cm³/mol. The predicted octanol–water partition coefficient (Wildman–Crippen LogP) is 3.07. The van der Waals surface area contributed by atoms with Gasteiger partial charge in [0.25, 0.3) is 5.91 Å². The third kappa shape index (κ3) is 6.81. The van der Waals surface area contributed by atoms with Crippen LogP contribution in [0.4, 0.5) is 16.2 Å². The molecule has 0 bridgehead atoms. The largest absolute Gasteiger partial charge is 0.452 e. The van der Waals surface area contributed by atoms with E-state index in [1.54, 1.807) is 24.3 Å². The Balaban J connectivity index is 1.90. The highest BCUT2D eigenvalue weighted by Gasteiger charge is 2.15. The number of imide groups is 1. The molecule has 0 aliphatic carbocycles. The summed E-state index contributed by atoms with van der Waals surface area (Å²) in [7, 11) is 0. The minimum absolute atomic E-state index is 0.261. The maximum Gasteiger partial charge on any atom is 0.340 e. The van der Waals surface area contributed by atoms with Gasteiger partial charge < -0.3 is 15.4 Å². The number of urea groups is 1. The van der Waals surface area contributed by atoms with E-state index in [0.29, 0.717) is 17.8 Å². The zero-order chi connectivity index (χ0) is 19.6. The van der Waals surface area contributed by atoms with Gasteiger partial charge in [-0.15, -0.1) is 0 Å². The summed E-state index contributed by atoms with van der Waals surface area (Å²) in [5, 5.41) is 7.80. The number of hydrogen-bond donors (Lipinski definition) is 3. The maximum atomic E-state index is 12.3. The SMILES string of the molecule is CC(C)CNC(=O)NC(=O)COC(=O)c1ccccc1Nc1ccccc1. The van der Waals surface area contributed by atoms with Gasteiger partial charge in [-0.2, -0.15) is 0 Å². The molecule has 0 saturated heterocycles. The monoisotopic (exact) mass is 369 g/mol. The molecule has 0 aliphatic heterocycles. The molecule has 0 aromatic heterocycles. The van der Waals surface area contributed by atoms with E-state index in [0.717, 1.165) is 5.69 Å². The number of carbonyl (C=O) groups excluding carboxylic acids is 3. The van der Waals surface area contributed by atoms with Crippen molar-refractivity contribution in [1.29, 1.82) is 0 Å². The van der Waals surface area contributed by atoms with Crippen molar-refractivity contribution in [2.45, 2.75) is 13.8 Å². The average Bonchev–Trinajstić information content (AvgIpc) is 2.66. The molecule has 142 valence electrons. The molecule has 0 spiro atoms. The van der Waals surface area contributed by atoms with Gasteiger partial charge in [0, 0.05) is 12.2 Å². The van der Waals surface area contributed by atoms with Crippen LogP contribution in [0.1, 0.15) is 24.2 Å². The Kier molecular flexibility index (Phi) is 7.37. The number of hydrogen-bond acceptors (Lipinski definition) is 5. The first-order chi connectivity index (χ1) is 13.0. The molecular weight excluding hydrogens is 346 g/mol. The van der Waals surface area contributed by atoms with Crippen LogP contribution in [0.2, 0.25) is 0 Å². The van der Waals surface area contributed by atoms with Crippen LogP contribution in [0.15, 0.2) is 54.6 Å². The van der Waals surface area contributed by atoms with Crippen molar-refractivity contribution in [3.05, 3.63) is 60.2 Å². The fourth-order valence-electron chi connectivity index (χ4n) is 2.16. The van der Waals surface area contributed by atoms with E-state index in [1.807, 2.05) is 44.2 Å². The Bertz CT molecular complexity index is 791. The molecule has 7 nitrogen and oxygen atoms in total. The average molecular weight is 369 g/mol. The normalized spacial score (nSPS) is 10.2. The molecule has 0 unspecified atom stereocenters. The Morgan fingerprint density at radius 3 is 2.33 bits per heavy atom. The fourth-order valence-corrected chi connectivity index (χ4v) is 2.16. The minimum Gasteiger partial charge on any atom is -0.452 e. The zero-order valence-corrected chi connectivity index (χ0v) is 15.3. The molecule has 0 saturated carbocycles. The van der Waals surface area contributed by atoms with E-state index < -0.39 is 24.5 Å². The third-order valence-corrected chi connectivity index (χ3v) is 3.46. The first kappa shape index (κ1) is 20.0. The lowest BCUT2D eigenvalue weighted by atomic mass is 10.1. The number of benzene rings is 2. The van der Waals surface area contributed by atoms with E-state index in [4.69, 9.17) is 4.74 Å². The number of amides is 3. The molecular formula is C20H23N3O4. The quantitative estimate of drug-likeness (QED) is 0.652. The fraction of sp³-hybridized carbons (Fsp3) is 0.250. The van der Waals surface area contributed by atoms with Crippen LogP contribution >= 0.6 is 0 Å². The van der Waals surface area contributed by atoms with Crippen molar-refractivity contribution in [3.63, 3.8) is 0 Å². The van der Waals surface area contributed by atoms with Crippen LogP contribution in [0, 0.1) is 5.92 Å². The van der Waals surface area contributed by atoms with Crippen molar-refractivity contribution < 1.29 is 19.1 Å². The van der Waals surface area contributed by atoms with Crippen LogP contribution in [0.5, 0.6) is 0 Å². The lowest BCUT2D eigenvalue weighted by Gasteiger charge is -2.12. The second-order valence-corrected chi connectivity index (χ2v) is 6.26. The number of anilines is 2. The van der Waals surface area contributed by atoms with Crippen molar-refractivity contribution in [1.82, 2.24) is 10.6 Å². The Morgan fingerprint density at radius 2 is 1.63 bits per heavy atom. The first-order valence-electron chi connectivity index (χ1n) is 8.61. The molecule has 2 aromatic rings. The van der Waals surface area contributed by atoms with E-state index in [1.165, 1.54) is 0 Å². The molecule has 7 heteroatoms. The summed E-state index contributed by atoms with van der Waals surface area (Å²) in [6, 6.07) is 15.6. The summed E-state index contributed by atoms with van der Waals surface area (Å²) in [5.74, 6) is -1.10. The molecule has 0 heterocycles. The van der Waals surface area contributed by atoms with Crippen molar-refractivity contribution in [2.24, 2.45) is 5.92 Å². The van der Waals surface area contributed by atoms with Crippen LogP contribution in [-0.4, -0.2) is 31.1 Å². The molecule has 0 atom stereocenters. The van der Waals surface area contributed by atoms with Crippen molar-refractivity contribution >= 4 is 29.3 Å². The van der Waals surface area contributed by atoms with Gasteiger partial charge >= 0.3 is 12.0 Å². The Hall–Kier alpha value is -3.35. The third-order valence-electron chi connectivity index (χ3n) is 3.46. The van der Waals surface area contributed by atoms with E-state index in [-0.39, 0.29) is 5.92 Å². The highest BCUT2D eigenvalue weighted by Crippen LogP contribution is 2.21. The summed E-state index contributed by atoms with van der Waals surface area (Å²) < 4.78 is 5.02. The van der Waals surface area contributed by atoms with E-state index >= 15 is 0 Å². The first-order valence-corrected chi connectivity index (χ1v) is 8.61. The molecule has 27 heavy (non-hydrogen) atoms. The molecule has 2 rings (SSSR count). The highest BCUT2D eigenvalue weighted by atomic mass is 16.5. The minimum atomic E-state index is -0.696. The summed E-state index contributed by atoms with van der Waals surface area (Å²) >= 11 is 0. The summed E-state index contributed by atoms with van der Waals surface area (Å²) in [6.07, 6.45) is 0. The van der Waals surface area contributed by atoms with Gasteiger partial charge in [-0.3, -0.25) is 10.1 Å². The molecule has 3 amide bonds. The van der Waals surface area contributed by atoms with E-state index in [9.17, 15) is 14.4 Å². The number of esters is 1. The van der Waals surface area contributed by atoms with Crippen LogP contribution in [0.25, 0.3) is 0 Å². The summed E-state index contributed by atoms with van der Waals surface area (Å²) in [6.45, 7) is 3.76. The smallest absolute Gasteiger partial charge is 0.340 e. The second-order valence-electron chi connectivity index (χ2n) is 6.26. The van der Waals surface area contributed by atoms with Gasteiger partial charge in [0.1, 0.15) is 0 Å². The number of rotatable bonds is 7. The number of ether oxygens (including phenoxy) is 1. The van der Waals surface area contributed by atoms with Gasteiger partial charge in [0.15, 0.2) is 6.61 Å². The lowest BCUT2D eigenvalue weighted by molar-refractivity contribution is -0.123. The molecule has 0 radical (unpaired) electrons. The summed E-state index contributed by atoms with van der Waals surface area (Å²) in [5.41, 5.74) is 1.67. The van der Waals surface area contributed by atoms with Crippen LogP contribution in [-0.2, 0) is 9.53 Å². The van der Waals surface area contributed by atoms with Gasteiger partial charge in [0.2, 0.25) is 0 Å². The van der Waals surface area contributed by atoms with Crippen molar-refractivity contribution in [3.8, 4) is 0 Å². The number of nitrogens with one attached hydrogen (secondary N) is 3. The van der Waals surface area contributed by atoms with Crippen molar-refractivity contribution in [2.75, 3.05) is 18.5 Å². The molecule has 2 aromatic carbocycles. The second kappa shape index (κ2) is 9.96. The number of para-hydroxylation sites is 2. The van der Waals surface area contributed by atoms with Gasteiger partial charge in [-0.1, -0.05) is 44.2 Å². The van der Waals surface area contributed by atoms with Gasteiger partial charge in [-0.25, -0.2) is 9.59 Å². The van der Waals surface area contributed by atoms with Gasteiger partial charge in [-0.05, 0) is 30.2 Å². The van der Waals surface area contributed by atoms with Crippen LogP contribution in [0.3, 0.4) is 0 Å².